The van der Waals surface area contributed by atoms with Gasteiger partial charge in [-0.05, 0) is 42.4 Å². The zero-order valence-corrected chi connectivity index (χ0v) is 19.6. The Morgan fingerprint density at radius 2 is 2.17 bits per heavy atom. The van der Waals surface area contributed by atoms with Gasteiger partial charge in [0.1, 0.15) is 11.0 Å². The van der Waals surface area contributed by atoms with Crippen molar-refractivity contribution in [1.82, 2.24) is 14.9 Å². The lowest BCUT2D eigenvalue weighted by molar-refractivity contribution is -0.138. The van der Waals surface area contributed by atoms with E-state index in [1.54, 1.807) is 28.5 Å². The van der Waals surface area contributed by atoms with Crippen LogP contribution in [0, 0.1) is 23.7 Å². The lowest BCUT2D eigenvalue weighted by atomic mass is 9.96. The predicted molar refractivity (Wildman–Crippen MR) is 127 cm³/mol. The Kier molecular flexibility index (Phi) is 8.05. The number of nitrogens with zero attached hydrogens (tertiary/aromatic N) is 3. The van der Waals surface area contributed by atoms with Crippen LogP contribution in [0.1, 0.15) is 69.1 Å². The summed E-state index contributed by atoms with van der Waals surface area (Å²) in [6.45, 7) is 14.9. The maximum absolute atomic E-state index is 13.6. The number of carbonyl (C=O) groups is 1. The van der Waals surface area contributed by atoms with Crippen molar-refractivity contribution in [2.24, 2.45) is 17.2 Å². The molecular weight excluding hydrogens is 392 g/mol. The van der Waals surface area contributed by atoms with Gasteiger partial charge >= 0.3 is 0 Å². The number of terminal acetylenes is 1. The largest absolute Gasteiger partial charge is 0.331 e. The number of amides is 1. The summed E-state index contributed by atoms with van der Waals surface area (Å²) >= 11 is 1.57. The number of thiazole rings is 1. The number of aromatic nitrogens is 1. The van der Waals surface area contributed by atoms with Gasteiger partial charge in [-0.2, -0.15) is 0 Å². The molecule has 2 N–H and O–H groups in total. The van der Waals surface area contributed by atoms with Crippen LogP contribution in [0.5, 0.6) is 0 Å². The minimum absolute atomic E-state index is 0.0113. The van der Waals surface area contributed by atoms with Gasteiger partial charge in [-0.15, -0.1) is 17.8 Å². The normalized spacial score (nSPS) is 18.3. The Labute approximate surface area is 185 Å². The lowest BCUT2D eigenvalue weighted by Gasteiger charge is -2.34. The van der Waals surface area contributed by atoms with E-state index in [1.807, 2.05) is 37.1 Å². The molecule has 0 bridgehead atoms. The molecule has 162 valence electrons. The second kappa shape index (κ2) is 10.1. The molecule has 2 unspecified atom stereocenters. The third kappa shape index (κ3) is 5.84. The van der Waals surface area contributed by atoms with Gasteiger partial charge in [-0.3, -0.25) is 4.79 Å². The van der Waals surface area contributed by atoms with Gasteiger partial charge in [0, 0.05) is 12.7 Å². The summed E-state index contributed by atoms with van der Waals surface area (Å²) in [7, 11) is 0. The monoisotopic (exact) mass is 426 g/mol. The Hall–Kier alpha value is -2.36. The van der Waals surface area contributed by atoms with Crippen LogP contribution < -0.4 is 5.84 Å². The fraction of sp³-hybridized carbons (Fsp3) is 0.500. The molecule has 1 saturated heterocycles. The summed E-state index contributed by atoms with van der Waals surface area (Å²) in [5.74, 6) is 8.96. The van der Waals surface area contributed by atoms with Crippen LogP contribution in [0.15, 0.2) is 24.9 Å². The predicted octanol–water partition coefficient (Wildman–Crippen LogP) is 4.86. The van der Waals surface area contributed by atoms with Crippen LogP contribution in [0.25, 0.3) is 12.2 Å². The number of carbonyl (C=O) groups excluding carboxylic acids is 1. The average Bonchev–Trinajstić information content (AvgIpc) is 3.30. The molecule has 5 nitrogen and oxygen atoms in total. The molecule has 1 aliphatic rings. The minimum Gasteiger partial charge on any atom is -0.331 e. The molecule has 2 heterocycles. The third-order valence-corrected chi connectivity index (χ3v) is 6.13. The van der Waals surface area contributed by atoms with Crippen LogP contribution >= 0.6 is 11.3 Å². The quantitative estimate of drug-likeness (QED) is 0.384. The number of nitrogens with two attached hydrogens (primary N) is 1. The van der Waals surface area contributed by atoms with Crippen molar-refractivity contribution in [3.05, 3.63) is 40.5 Å². The molecule has 30 heavy (non-hydrogen) atoms. The Balaban J connectivity index is 2.30. The van der Waals surface area contributed by atoms with E-state index in [0.717, 1.165) is 28.4 Å². The molecule has 1 aromatic rings. The Bertz CT molecular complexity index is 854. The number of allylic oxidation sites excluding steroid dienone is 2. The van der Waals surface area contributed by atoms with E-state index >= 15 is 0 Å². The fourth-order valence-electron chi connectivity index (χ4n) is 3.51. The smallest absolute Gasteiger partial charge is 0.247 e. The van der Waals surface area contributed by atoms with E-state index < -0.39 is 6.04 Å². The van der Waals surface area contributed by atoms with Crippen LogP contribution in [-0.4, -0.2) is 33.4 Å². The summed E-state index contributed by atoms with van der Waals surface area (Å²) < 4.78 is 0. The molecule has 1 aromatic heterocycles. The first-order valence-electron chi connectivity index (χ1n) is 10.4. The second-order valence-corrected chi connectivity index (χ2v) is 10.1. The van der Waals surface area contributed by atoms with Gasteiger partial charge in [-0.25, -0.2) is 10.8 Å². The highest BCUT2D eigenvalue weighted by atomic mass is 32.1. The number of hydrazine groups is 1. The SMILES string of the molecule is C#C/C=C\c1sc(C2CCCN2C(=O)C(C(C)C)N(N)/C=C/C(C)(C)C)nc1C=C. The van der Waals surface area contributed by atoms with E-state index in [9.17, 15) is 4.79 Å². The van der Waals surface area contributed by atoms with Crippen molar-refractivity contribution in [1.29, 1.82) is 0 Å². The fourth-order valence-corrected chi connectivity index (χ4v) is 4.63. The van der Waals surface area contributed by atoms with Crippen molar-refractivity contribution in [2.75, 3.05) is 6.54 Å². The van der Waals surface area contributed by atoms with E-state index in [0.29, 0.717) is 6.54 Å². The van der Waals surface area contributed by atoms with E-state index in [-0.39, 0.29) is 23.3 Å². The highest BCUT2D eigenvalue weighted by molar-refractivity contribution is 7.12. The molecule has 0 saturated carbocycles. The summed E-state index contributed by atoms with van der Waals surface area (Å²) in [5, 5.41) is 2.48. The average molecular weight is 427 g/mol. The van der Waals surface area contributed by atoms with Crippen molar-refractivity contribution in [2.45, 2.75) is 59.5 Å². The van der Waals surface area contributed by atoms with Gasteiger partial charge in [0.15, 0.2) is 0 Å². The van der Waals surface area contributed by atoms with E-state index in [2.05, 4.69) is 33.3 Å². The number of hydrogen-bond acceptors (Lipinski definition) is 5. The molecule has 6 heteroatoms. The van der Waals surface area contributed by atoms with Gasteiger partial charge in [0.05, 0.1) is 16.6 Å². The highest BCUT2D eigenvalue weighted by Crippen LogP contribution is 2.37. The standard InChI is InChI=1S/C24H34N4OS/c1-8-10-13-20-18(9-2)26-22(30-20)19-12-11-15-27(19)23(29)21(17(3)4)28(25)16-14-24(5,6)7/h1,9-10,13-14,16-17,19,21H,2,11-12,15,25H2,3-7H3/b13-10-,16-14+. The molecule has 0 radical (unpaired) electrons. The van der Waals surface area contributed by atoms with Crippen LogP contribution in [0.4, 0.5) is 0 Å². The molecule has 1 amide bonds. The lowest BCUT2D eigenvalue weighted by Crippen LogP contribution is -2.52. The first-order chi connectivity index (χ1) is 14.1. The topological polar surface area (TPSA) is 62.5 Å². The number of hydrogen-bond donors (Lipinski definition) is 1. The second-order valence-electron chi connectivity index (χ2n) is 9.01. The van der Waals surface area contributed by atoms with Gasteiger partial charge in [-0.1, -0.05) is 53.2 Å². The Morgan fingerprint density at radius 1 is 1.47 bits per heavy atom. The number of likely N-dealkylation sites (tertiary alicyclic amines) is 1. The maximum Gasteiger partial charge on any atom is 0.247 e. The highest BCUT2D eigenvalue weighted by Gasteiger charge is 2.38. The maximum atomic E-state index is 13.6. The van der Waals surface area contributed by atoms with Crippen LogP contribution in [0.2, 0.25) is 0 Å². The van der Waals surface area contributed by atoms with Gasteiger partial charge in [0.2, 0.25) is 5.91 Å². The molecule has 1 aliphatic heterocycles. The molecular formula is C24H34N4OS. The van der Waals surface area contributed by atoms with Crippen molar-refractivity contribution in [3.8, 4) is 12.3 Å². The van der Waals surface area contributed by atoms with Gasteiger partial charge in [0.25, 0.3) is 0 Å². The van der Waals surface area contributed by atoms with Crippen LogP contribution in [-0.2, 0) is 4.79 Å². The van der Waals surface area contributed by atoms with Gasteiger partial charge < -0.3 is 9.91 Å². The zero-order valence-electron chi connectivity index (χ0n) is 18.8. The first-order valence-corrected chi connectivity index (χ1v) is 11.2. The molecule has 2 atom stereocenters. The summed E-state index contributed by atoms with van der Waals surface area (Å²) in [5.41, 5.74) is 0.789. The summed E-state index contributed by atoms with van der Waals surface area (Å²) in [6.07, 6.45) is 16.3. The van der Waals surface area contributed by atoms with Crippen molar-refractivity contribution in [3.63, 3.8) is 0 Å². The first kappa shape index (κ1) is 23.9. The zero-order chi connectivity index (χ0) is 22.5. The molecule has 1 fully saturated rings. The van der Waals surface area contributed by atoms with E-state index in [1.165, 1.54) is 0 Å². The molecule has 0 aromatic carbocycles. The van der Waals surface area contributed by atoms with Crippen molar-refractivity contribution >= 4 is 29.4 Å². The molecule has 0 spiro atoms. The van der Waals surface area contributed by atoms with E-state index in [4.69, 9.17) is 17.2 Å². The summed E-state index contributed by atoms with van der Waals surface area (Å²) in [4.78, 5) is 21.2. The third-order valence-electron chi connectivity index (χ3n) is 5.00. The molecule has 0 aliphatic carbocycles. The number of rotatable bonds is 7. The molecule has 2 rings (SSSR count). The minimum atomic E-state index is -0.427. The van der Waals surface area contributed by atoms with Crippen LogP contribution in [0.3, 0.4) is 0 Å². The summed E-state index contributed by atoms with van der Waals surface area (Å²) in [6, 6.07) is -0.473. The van der Waals surface area contributed by atoms with Crippen molar-refractivity contribution < 1.29 is 4.79 Å². The Morgan fingerprint density at radius 3 is 2.73 bits per heavy atom.